The largest absolute Gasteiger partial charge is 0.192 e. The molecule has 0 aromatic heterocycles. The summed E-state index contributed by atoms with van der Waals surface area (Å²) in [7, 11) is 0. The van der Waals surface area contributed by atoms with E-state index in [-0.39, 0.29) is 26.8 Å². The summed E-state index contributed by atoms with van der Waals surface area (Å²) in [6.07, 6.45) is 2.46. The van der Waals surface area contributed by atoms with Crippen LogP contribution in [0.15, 0.2) is 11.6 Å². The van der Waals surface area contributed by atoms with Crippen LogP contribution in [0.3, 0.4) is 0 Å². The number of hydrogen-bond donors (Lipinski definition) is 0. The first kappa shape index (κ1) is 23.4. The van der Waals surface area contributed by atoms with Gasteiger partial charge in [0.1, 0.15) is 0 Å². The first-order chi connectivity index (χ1) is 8.89. The van der Waals surface area contributed by atoms with Crippen LogP contribution in [-0.4, -0.2) is 27.4 Å². The molecule has 0 aliphatic rings. The summed E-state index contributed by atoms with van der Waals surface area (Å²) in [5.74, 6) is 0. The van der Waals surface area contributed by atoms with Crippen LogP contribution < -0.4 is 0 Å². The normalized spacial score (nSPS) is 19.9. The van der Waals surface area contributed by atoms with E-state index < -0.39 is 7.03 Å². The van der Waals surface area contributed by atoms with E-state index in [1.54, 1.807) is 6.08 Å². The molecule has 0 N–H and O–H groups in total. The Kier molecular flexibility index (Phi) is 12.2. The van der Waals surface area contributed by atoms with Crippen LogP contribution >= 0.6 is 133 Å². The standard InChI is InChI=1S/C10H10Br4Cl6/c11-5(1-2-15)7(12)8(17)6(16)3-9(13,14)4-10(18,19)20/h1-2,5-8H,3-4H2. The van der Waals surface area contributed by atoms with Crippen molar-refractivity contribution in [2.24, 2.45) is 0 Å². The lowest BCUT2D eigenvalue weighted by Crippen LogP contribution is -2.35. The van der Waals surface area contributed by atoms with Gasteiger partial charge in [-0.1, -0.05) is 116 Å². The smallest absolute Gasteiger partial charge is 0.121 e. The third-order valence-electron chi connectivity index (χ3n) is 2.16. The van der Waals surface area contributed by atoms with Gasteiger partial charge in [0, 0.05) is 21.6 Å². The van der Waals surface area contributed by atoms with Crippen molar-refractivity contribution in [1.82, 2.24) is 0 Å². The Hall–Kier alpha value is 3.40. The molecule has 0 aromatic rings. The SMILES string of the molecule is ClC=CC(Br)C(Br)C(Cl)C(Cl)CC(Br)(Br)CC(Cl)(Cl)Cl. The Balaban J connectivity index is 4.63. The van der Waals surface area contributed by atoms with Gasteiger partial charge in [-0.2, -0.15) is 0 Å². The van der Waals surface area contributed by atoms with Gasteiger partial charge in [0.15, 0.2) is 3.79 Å². The van der Waals surface area contributed by atoms with Crippen LogP contribution in [0.1, 0.15) is 12.8 Å². The van der Waals surface area contributed by atoms with E-state index in [1.807, 2.05) is 0 Å². The van der Waals surface area contributed by atoms with E-state index >= 15 is 0 Å². The van der Waals surface area contributed by atoms with E-state index in [0.717, 1.165) is 0 Å². The average molecular weight is 663 g/mol. The predicted molar refractivity (Wildman–Crippen MR) is 110 cm³/mol. The molecule has 120 valence electrons. The molecule has 4 atom stereocenters. The van der Waals surface area contributed by atoms with Crippen molar-refractivity contribution in [3.05, 3.63) is 11.6 Å². The van der Waals surface area contributed by atoms with Crippen molar-refractivity contribution in [2.75, 3.05) is 0 Å². The molecule has 0 spiro atoms. The summed E-state index contributed by atoms with van der Waals surface area (Å²) in [4.78, 5) is -0.151. The van der Waals surface area contributed by atoms with Crippen LogP contribution in [0.2, 0.25) is 0 Å². The van der Waals surface area contributed by atoms with Gasteiger partial charge in [-0.3, -0.25) is 0 Å². The molecule has 0 saturated heterocycles. The minimum Gasteiger partial charge on any atom is -0.121 e. The molecule has 0 radical (unpaired) electrons. The van der Waals surface area contributed by atoms with Crippen LogP contribution in [0, 0.1) is 0 Å². The van der Waals surface area contributed by atoms with E-state index in [4.69, 9.17) is 69.6 Å². The van der Waals surface area contributed by atoms with Gasteiger partial charge in [-0.25, -0.2) is 0 Å². The van der Waals surface area contributed by atoms with E-state index in [2.05, 4.69) is 63.7 Å². The lowest BCUT2D eigenvalue weighted by molar-refractivity contribution is 0.624. The second-order valence-electron chi connectivity index (χ2n) is 4.02. The monoisotopic (exact) mass is 656 g/mol. The maximum Gasteiger partial charge on any atom is 0.192 e. The first-order valence-corrected chi connectivity index (χ1v) is 11.0. The molecular formula is C10H10Br4Cl6. The van der Waals surface area contributed by atoms with Crippen molar-refractivity contribution < 1.29 is 0 Å². The third-order valence-corrected chi connectivity index (χ3v) is 8.08. The zero-order valence-electron chi connectivity index (χ0n) is 9.66. The van der Waals surface area contributed by atoms with Crippen molar-refractivity contribution >= 4 is 133 Å². The van der Waals surface area contributed by atoms with Gasteiger partial charge in [0.25, 0.3) is 0 Å². The highest BCUT2D eigenvalue weighted by Gasteiger charge is 2.39. The van der Waals surface area contributed by atoms with Gasteiger partial charge in [-0.15, -0.1) is 23.2 Å². The van der Waals surface area contributed by atoms with Gasteiger partial charge in [-0.05, 0) is 6.42 Å². The fourth-order valence-corrected chi connectivity index (χ4v) is 7.25. The Morgan fingerprint density at radius 3 is 1.95 bits per heavy atom. The maximum atomic E-state index is 6.36. The predicted octanol–water partition coefficient (Wildman–Crippen LogP) is 8.12. The lowest BCUT2D eigenvalue weighted by atomic mass is 10.1. The highest BCUT2D eigenvalue weighted by atomic mass is 79.9. The second kappa shape index (κ2) is 10.4. The molecule has 0 aromatic carbocycles. The summed E-state index contributed by atoms with van der Waals surface area (Å²) in [5.41, 5.74) is 1.42. The summed E-state index contributed by atoms with van der Waals surface area (Å²) in [6, 6.07) is 0. The Morgan fingerprint density at radius 1 is 1.05 bits per heavy atom. The lowest BCUT2D eigenvalue weighted by Gasteiger charge is -2.30. The quantitative estimate of drug-likeness (QED) is 0.242. The number of alkyl halides is 9. The number of allylic oxidation sites excluding steroid dienone is 1. The fourth-order valence-electron chi connectivity index (χ4n) is 1.31. The van der Waals surface area contributed by atoms with Gasteiger partial charge in [0.2, 0.25) is 0 Å². The Bertz CT molecular complexity index is 319. The third kappa shape index (κ3) is 10.3. The average Bonchev–Trinajstić information content (AvgIpc) is 2.23. The molecule has 4 unspecified atom stereocenters. The van der Waals surface area contributed by atoms with Crippen molar-refractivity contribution in [3.8, 4) is 0 Å². The number of hydrogen-bond acceptors (Lipinski definition) is 0. The summed E-state index contributed by atoms with van der Waals surface area (Å²) < 4.78 is -2.00. The van der Waals surface area contributed by atoms with Crippen LogP contribution in [0.4, 0.5) is 0 Å². The topological polar surface area (TPSA) is 0 Å². The molecule has 0 aliphatic carbocycles. The second-order valence-corrected chi connectivity index (χ2v) is 14.1. The van der Waals surface area contributed by atoms with E-state index in [1.165, 1.54) is 5.54 Å². The van der Waals surface area contributed by atoms with Gasteiger partial charge in [0.05, 0.1) is 14.0 Å². The summed E-state index contributed by atoms with van der Waals surface area (Å²) in [5, 5.41) is -0.727. The number of rotatable bonds is 7. The highest BCUT2D eigenvalue weighted by molar-refractivity contribution is 9.25. The maximum absolute atomic E-state index is 6.36. The molecule has 0 heterocycles. The highest BCUT2D eigenvalue weighted by Crippen LogP contribution is 2.47. The molecule has 0 nitrogen and oxygen atoms in total. The summed E-state index contributed by atoms with van der Waals surface area (Å²) >= 11 is 49.5. The van der Waals surface area contributed by atoms with Gasteiger partial charge >= 0.3 is 0 Å². The van der Waals surface area contributed by atoms with Crippen LogP contribution in [-0.2, 0) is 0 Å². The summed E-state index contributed by atoms with van der Waals surface area (Å²) in [6.45, 7) is 0. The molecule has 0 saturated carbocycles. The van der Waals surface area contributed by atoms with Crippen molar-refractivity contribution in [3.63, 3.8) is 0 Å². The van der Waals surface area contributed by atoms with E-state index in [9.17, 15) is 0 Å². The Labute approximate surface area is 183 Å². The minimum absolute atomic E-state index is 0.0445. The zero-order chi connectivity index (χ0) is 16.1. The first-order valence-electron chi connectivity index (χ1n) is 5.17. The minimum atomic E-state index is -1.39. The molecule has 10 heteroatoms. The fraction of sp³-hybridized carbons (Fsp3) is 0.800. The number of halogens is 10. The molecule has 0 aliphatic heterocycles. The van der Waals surface area contributed by atoms with Crippen molar-refractivity contribution in [2.45, 2.75) is 40.3 Å². The molecule has 0 rings (SSSR count). The molecule has 0 amide bonds. The molecular weight excluding hydrogens is 652 g/mol. The molecule has 0 bridgehead atoms. The van der Waals surface area contributed by atoms with Crippen LogP contribution in [0.5, 0.6) is 0 Å². The van der Waals surface area contributed by atoms with Gasteiger partial charge < -0.3 is 0 Å². The van der Waals surface area contributed by atoms with Crippen molar-refractivity contribution in [1.29, 1.82) is 0 Å². The molecule has 20 heavy (non-hydrogen) atoms. The van der Waals surface area contributed by atoms with E-state index in [0.29, 0.717) is 6.42 Å². The van der Waals surface area contributed by atoms with Crippen LogP contribution in [0.25, 0.3) is 0 Å². The zero-order valence-corrected chi connectivity index (χ0v) is 20.5. The Morgan fingerprint density at radius 2 is 1.55 bits per heavy atom. The molecule has 0 fully saturated rings.